The van der Waals surface area contributed by atoms with E-state index in [0.29, 0.717) is 0 Å². The third-order valence-electron chi connectivity index (χ3n) is 16.1. The van der Waals surface area contributed by atoms with Crippen LogP contribution in [0.15, 0.2) is 133 Å². The third-order valence-corrected chi connectivity index (χ3v) is 22.1. The minimum absolute atomic E-state index is 0.0867. The molecule has 2 aromatic heterocycles. The van der Waals surface area contributed by atoms with Crippen molar-refractivity contribution in [2.45, 2.75) is 51.4 Å². The van der Waals surface area contributed by atoms with Crippen LogP contribution in [0.4, 0.5) is 87.8 Å². The van der Waals surface area contributed by atoms with Gasteiger partial charge in [0.1, 0.15) is 52.7 Å². The maximum absolute atomic E-state index is 15.4. The second kappa shape index (κ2) is 26.6. The van der Waals surface area contributed by atoms with Gasteiger partial charge in [0.05, 0.1) is 0 Å². The SMILES string of the molecule is Fc1c(F)c(F)c([B-](c2c(F)c(F)c(F)c(F)c2F)(c2c(F)c(F)c(F)c(F)c2F)c2c(F)c(F)c(F)c(F)c2F)c(F)c1F.c1ccc2c(CCCCc3ccc([I+]c4ccc(CCCCc5c6ccccc6cc6ccccc56)s4)s3)c3ccccc3cc2c1. The molecule has 0 aliphatic rings. The monoisotopic (exact) mass is 1440 g/mol. The molecule has 0 N–H and O–H groups in total. The van der Waals surface area contributed by atoms with Gasteiger partial charge in [-0.15, -0.1) is 21.9 Å². The van der Waals surface area contributed by atoms with Crippen molar-refractivity contribution in [1.29, 1.82) is 0 Å². The van der Waals surface area contributed by atoms with Gasteiger partial charge < -0.3 is 0 Å². The highest BCUT2D eigenvalue weighted by Crippen LogP contribution is 2.35. The molecule has 0 saturated carbocycles. The molecule has 0 saturated heterocycles. The number of rotatable bonds is 16. The molecule has 0 aliphatic heterocycles. The summed E-state index contributed by atoms with van der Waals surface area (Å²) in [5.74, 6) is -71.4. The van der Waals surface area contributed by atoms with E-state index >= 15 is 35.1 Å². The first kappa shape index (κ1) is 65.5. The zero-order chi connectivity index (χ0) is 65.8. The van der Waals surface area contributed by atoms with Gasteiger partial charge in [0.2, 0.25) is 5.77 Å². The van der Waals surface area contributed by atoms with Gasteiger partial charge in [-0.25, -0.2) is 87.8 Å². The number of hydrogen-bond acceptors (Lipinski definition) is 2. The summed E-state index contributed by atoms with van der Waals surface area (Å²) >= 11 is 4.04. The maximum atomic E-state index is 15.4. The molecule has 0 aliphatic carbocycles. The predicted octanol–water partition coefficient (Wildman–Crippen LogP) is 15.5. The average Bonchev–Trinajstić information content (AvgIpc) is 0.720. The molecule has 0 unspecified atom stereocenters. The van der Waals surface area contributed by atoms with Crippen LogP contribution in [0.2, 0.25) is 0 Å². The zero-order valence-electron chi connectivity index (χ0n) is 46.7. The first-order valence-corrected chi connectivity index (χ1v) is 31.6. The van der Waals surface area contributed by atoms with E-state index in [4.69, 9.17) is 0 Å². The number of benzene rings is 10. The van der Waals surface area contributed by atoms with Crippen molar-refractivity contribution in [3.8, 4) is 0 Å². The normalized spacial score (nSPS) is 11.9. The fourth-order valence-corrected chi connectivity index (χ4v) is 18.7. The zero-order valence-corrected chi connectivity index (χ0v) is 50.5. The molecule has 92 heavy (non-hydrogen) atoms. The van der Waals surface area contributed by atoms with Gasteiger partial charge in [-0.05, 0) is 130 Å². The van der Waals surface area contributed by atoms with Crippen LogP contribution in [0, 0.1) is 122 Å². The molecule has 472 valence electrons. The Morgan fingerprint density at radius 3 is 0.717 bits per heavy atom. The van der Waals surface area contributed by atoms with Crippen molar-refractivity contribution in [3.63, 3.8) is 0 Å². The fraction of sp³-hybridized carbons (Fsp3) is 0.118. The topological polar surface area (TPSA) is 0 Å². The van der Waals surface area contributed by atoms with Crippen LogP contribution in [0.5, 0.6) is 0 Å². The number of fused-ring (bicyclic) bond motifs is 4. The Labute approximate surface area is 527 Å². The van der Waals surface area contributed by atoms with E-state index in [-0.39, 0.29) is 21.2 Å². The predicted molar refractivity (Wildman–Crippen MR) is 311 cm³/mol. The fourth-order valence-electron chi connectivity index (χ4n) is 12.0. The van der Waals surface area contributed by atoms with Gasteiger partial charge in [0.15, 0.2) is 69.8 Å². The summed E-state index contributed by atoms with van der Waals surface area (Å²) in [5, 5.41) is 11.1. The smallest absolute Gasteiger partial charge is 0.207 e. The van der Waals surface area contributed by atoms with Crippen LogP contribution >= 0.6 is 22.7 Å². The van der Waals surface area contributed by atoms with Crippen molar-refractivity contribution >= 4 is 93.8 Å². The van der Waals surface area contributed by atoms with E-state index in [1.807, 2.05) is 0 Å². The lowest BCUT2D eigenvalue weighted by Gasteiger charge is -2.44. The van der Waals surface area contributed by atoms with Crippen LogP contribution in [0.1, 0.15) is 46.6 Å². The highest BCUT2D eigenvalue weighted by Gasteiger charge is 2.52. The Bertz CT molecular complexity index is 4240. The van der Waals surface area contributed by atoms with Crippen LogP contribution in [0.25, 0.3) is 43.1 Å². The molecular formula is C68H38BF20IS2. The van der Waals surface area contributed by atoms with Crippen molar-refractivity contribution in [1.82, 2.24) is 0 Å². The Balaban J connectivity index is 0.000000189. The number of thiophene rings is 2. The van der Waals surface area contributed by atoms with E-state index < -0.39 is 144 Å². The van der Waals surface area contributed by atoms with Crippen molar-refractivity contribution in [2.24, 2.45) is 0 Å². The molecule has 0 radical (unpaired) electrons. The Kier molecular flexibility index (Phi) is 18.9. The summed E-state index contributed by atoms with van der Waals surface area (Å²) in [5.41, 5.74) is -11.3. The highest BCUT2D eigenvalue weighted by molar-refractivity contribution is 7.20. The van der Waals surface area contributed by atoms with E-state index in [1.165, 1.54) is 92.7 Å². The Morgan fingerprint density at radius 1 is 0.250 bits per heavy atom. The molecule has 12 aromatic rings. The molecule has 0 nitrogen and oxygen atoms in total. The molecule has 0 spiro atoms. The highest BCUT2D eigenvalue weighted by atomic mass is 127. The van der Waals surface area contributed by atoms with Crippen LogP contribution in [0.3, 0.4) is 0 Å². The van der Waals surface area contributed by atoms with Gasteiger partial charge >= 0.3 is 21.2 Å². The molecular weight excluding hydrogens is 1400 g/mol. The standard InChI is InChI=1S/C44H38IS2.C24BF20/c1-7-19-37-31(13-1)29-32-14-2-8-20-38(32)41(37)23-11-5-17-35-25-27-43(46-35)45-44-28-26-36(47-44)18-6-12-24-42-39-21-9-3-15-33(39)30-34-16-4-10-22-40(34)42;26-5-1(6(27)14(35)21(42)13(5)34)25(2-7(28)15(36)22(43)16(37)8(2)29,3-9(30)17(38)23(44)18(39)10(3)31)4-11(32)19(40)24(45)20(41)12(4)33/h1-4,7-10,13-16,19-22,25-30H,5-6,11-12,17-18,23-24H2;/q+1;-1. The molecule has 12 rings (SSSR count). The Hall–Kier alpha value is -7.97. The molecule has 24 heteroatoms. The summed E-state index contributed by atoms with van der Waals surface area (Å²) in [6, 6.07) is 49.9. The summed E-state index contributed by atoms with van der Waals surface area (Å²) < 4.78 is 297. The van der Waals surface area contributed by atoms with Gasteiger partial charge in [0, 0.05) is 21.9 Å². The van der Waals surface area contributed by atoms with E-state index in [9.17, 15) is 52.7 Å². The quantitative estimate of drug-likeness (QED) is 0.0172. The van der Waals surface area contributed by atoms with Gasteiger partial charge in [-0.2, -0.15) is 0 Å². The number of halogens is 21. The van der Waals surface area contributed by atoms with Crippen molar-refractivity contribution in [2.75, 3.05) is 0 Å². The Morgan fingerprint density at radius 2 is 0.467 bits per heavy atom. The molecule has 0 amide bonds. The molecule has 0 fully saturated rings. The maximum Gasteiger partial charge on any atom is 0.381 e. The summed E-state index contributed by atoms with van der Waals surface area (Å²) in [6.45, 7) is 0. The lowest BCUT2D eigenvalue weighted by atomic mass is 9.12. The summed E-state index contributed by atoms with van der Waals surface area (Å²) in [7, 11) is 0. The minimum Gasteiger partial charge on any atom is -0.207 e. The molecule has 10 aromatic carbocycles. The minimum atomic E-state index is -7.22. The third kappa shape index (κ3) is 11.5. The van der Waals surface area contributed by atoms with Gasteiger partial charge in [0.25, 0.3) is 0 Å². The van der Waals surface area contributed by atoms with Gasteiger partial charge in [-0.1, -0.05) is 120 Å². The van der Waals surface area contributed by atoms with Crippen LogP contribution in [-0.4, -0.2) is 6.15 Å². The summed E-state index contributed by atoms with van der Waals surface area (Å²) in [6.07, 6.45) is 2.40. The van der Waals surface area contributed by atoms with Crippen molar-refractivity contribution < 1.29 is 109 Å². The number of hydrogen-bond donors (Lipinski definition) is 0. The second-order valence-electron chi connectivity index (χ2n) is 21.3. The number of unbranched alkanes of at least 4 members (excludes halogenated alkanes) is 2. The first-order valence-electron chi connectivity index (χ1n) is 27.8. The van der Waals surface area contributed by atoms with E-state index in [0.717, 1.165) is 12.8 Å². The van der Waals surface area contributed by atoms with E-state index in [1.54, 1.807) is 15.5 Å². The largest absolute Gasteiger partial charge is 0.381 e. The first-order chi connectivity index (χ1) is 44.0. The molecule has 2 heterocycles. The van der Waals surface area contributed by atoms with Crippen LogP contribution in [-0.2, 0) is 25.7 Å². The van der Waals surface area contributed by atoms with Crippen molar-refractivity contribution in [3.05, 3.63) is 276 Å². The van der Waals surface area contributed by atoms with Gasteiger partial charge in [-0.3, -0.25) is 0 Å². The van der Waals surface area contributed by atoms with E-state index in [2.05, 4.69) is 156 Å². The molecule has 0 atom stereocenters. The average molecular weight is 1440 g/mol. The summed E-state index contributed by atoms with van der Waals surface area (Å²) in [4.78, 5) is 3.11. The lowest BCUT2D eigenvalue weighted by molar-refractivity contribution is -0.585. The molecule has 0 bridgehead atoms. The number of aryl methyl sites for hydroxylation is 4. The van der Waals surface area contributed by atoms with Crippen LogP contribution < -0.4 is 43.1 Å². The lowest BCUT2D eigenvalue weighted by Crippen LogP contribution is -3.61. The second-order valence-corrected chi connectivity index (χ2v) is 28.0.